The minimum atomic E-state index is -5.06. The number of amides is 1. The van der Waals surface area contributed by atoms with Crippen LogP contribution in [0.25, 0.3) is 0 Å². The topological polar surface area (TPSA) is 108 Å². The predicted molar refractivity (Wildman–Crippen MR) is 100.0 cm³/mol. The molecular formula is C17H13ClF4N6O3. The van der Waals surface area contributed by atoms with Gasteiger partial charge >= 0.3 is 11.9 Å². The molecule has 0 aliphatic carbocycles. The van der Waals surface area contributed by atoms with Crippen LogP contribution in [0.15, 0.2) is 30.5 Å². The van der Waals surface area contributed by atoms with Crippen LogP contribution in [0.2, 0.25) is 5.02 Å². The molecule has 0 saturated heterocycles. The van der Waals surface area contributed by atoms with E-state index in [1.165, 1.54) is 35.1 Å². The van der Waals surface area contributed by atoms with Crippen molar-refractivity contribution in [1.82, 2.24) is 19.6 Å². The van der Waals surface area contributed by atoms with Crippen molar-refractivity contribution in [2.45, 2.75) is 26.2 Å². The van der Waals surface area contributed by atoms with Gasteiger partial charge in [-0.1, -0.05) is 23.7 Å². The van der Waals surface area contributed by atoms with Gasteiger partial charge in [-0.2, -0.15) is 23.4 Å². The van der Waals surface area contributed by atoms with E-state index in [-0.39, 0.29) is 17.4 Å². The summed E-state index contributed by atoms with van der Waals surface area (Å²) in [5.74, 6) is -1.31. The second kappa shape index (κ2) is 8.34. The summed E-state index contributed by atoms with van der Waals surface area (Å²) >= 11 is 6.03. The fraction of sp³-hybridized carbons (Fsp3) is 0.235. The number of nitro groups is 1. The summed E-state index contributed by atoms with van der Waals surface area (Å²) < 4.78 is 54.0. The molecule has 0 radical (unpaired) electrons. The molecule has 2 aromatic heterocycles. The number of nitrogens with zero attached hydrogens (tertiary/aromatic N) is 5. The molecule has 0 aliphatic heterocycles. The quantitative estimate of drug-likeness (QED) is 0.342. The first-order valence-electron chi connectivity index (χ1n) is 8.52. The molecule has 3 rings (SSSR count). The molecule has 164 valence electrons. The van der Waals surface area contributed by atoms with E-state index >= 15 is 0 Å². The molecule has 31 heavy (non-hydrogen) atoms. The van der Waals surface area contributed by atoms with Gasteiger partial charge in [0.05, 0.1) is 11.5 Å². The standard InChI is InChI=1S/C17H13ClF4N6O3/c1-9-14(28(30)31)15(17(20,21)22)24-27(9)8-13(29)23-16-12(18)7-26(25-16)6-10-2-4-11(19)5-3-10/h2-5,7H,6,8H2,1H3,(H,23,25,29). The Morgan fingerprint density at radius 2 is 1.90 bits per heavy atom. The Morgan fingerprint density at radius 3 is 2.45 bits per heavy atom. The molecule has 3 aromatic rings. The highest BCUT2D eigenvalue weighted by Gasteiger charge is 2.44. The molecule has 2 heterocycles. The lowest BCUT2D eigenvalue weighted by molar-refractivity contribution is -0.388. The molecule has 0 fully saturated rings. The van der Waals surface area contributed by atoms with Crippen LogP contribution in [0.4, 0.5) is 29.1 Å². The smallest absolute Gasteiger partial charge is 0.306 e. The summed E-state index contributed by atoms with van der Waals surface area (Å²) in [6, 6.07) is 5.61. The molecule has 0 saturated carbocycles. The number of nitrogens with one attached hydrogen (secondary N) is 1. The number of alkyl halides is 3. The summed E-state index contributed by atoms with van der Waals surface area (Å²) in [5.41, 5.74) is -2.63. The number of hydrogen-bond acceptors (Lipinski definition) is 5. The minimum absolute atomic E-state index is 0.0506. The van der Waals surface area contributed by atoms with E-state index in [9.17, 15) is 32.5 Å². The number of aromatic nitrogens is 4. The zero-order valence-electron chi connectivity index (χ0n) is 15.7. The maximum Gasteiger partial charge on any atom is 0.442 e. The van der Waals surface area contributed by atoms with Crippen molar-refractivity contribution >= 4 is 29.0 Å². The predicted octanol–water partition coefficient (Wildman–Crippen LogP) is 3.79. The van der Waals surface area contributed by atoms with E-state index in [0.717, 1.165) is 6.92 Å². The van der Waals surface area contributed by atoms with E-state index in [1.807, 2.05) is 0 Å². The van der Waals surface area contributed by atoms with Crippen LogP contribution in [-0.2, 0) is 24.1 Å². The van der Waals surface area contributed by atoms with Gasteiger partial charge in [-0.25, -0.2) is 4.39 Å². The zero-order chi connectivity index (χ0) is 22.9. The van der Waals surface area contributed by atoms with Crippen LogP contribution in [0.3, 0.4) is 0 Å². The van der Waals surface area contributed by atoms with E-state index in [2.05, 4.69) is 15.5 Å². The maximum absolute atomic E-state index is 13.0. The first kappa shape index (κ1) is 22.2. The first-order chi connectivity index (χ1) is 14.5. The average Bonchev–Trinajstić information content (AvgIpc) is 3.17. The van der Waals surface area contributed by atoms with Gasteiger partial charge in [0.15, 0.2) is 5.82 Å². The minimum Gasteiger partial charge on any atom is -0.306 e. The van der Waals surface area contributed by atoms with Gasteiger partial charge < -0.3 is 5.32 Å². The Bertz CT molecular complexity index is 1140. The van der Waals surface area contributed by atoms with Crippen molar-refractivity contribution in [2.75, 3.05) is 5.32 Å². The molecule has 0 unspecified atom stereocenters. The van der Waals surface area contributed by atoms with Crippen LogP contribution in [0.1, 0.15) is 17.0 Å². The fourth-order valence-electron chi connectivity index (χ4n) is 2.75. The fourth-order valence-corrected chi connectivity index (χ4v) is 2.95. The monoisotopic (exact) mass is 460 g/mol. The van der Waals surface area contributed by atoms with E-state index in [0.29, 0.717) is 10.2 Å². The van der Waals surface area contributed by atoms with E-state index in [1.54, 1.807) is 0 Å². The molecule has 0 spiro atoms. The Kier molecular flexibility index (Phi) is 5.97. The lowest BCUT2D eigenvalue weighted by Crippen LogP contribution is -2.21. The number of benzene rings is 1. The molecule has 9 nitrogen and oxygen atoms in total. The summed E-state index contributed by atoms with van der Waals surface area (Å²) in [6.45, 7) is 0.539. The molecule has 1 amide bonds. The second-order valence-electron chi connectivity index (χ2n) is 6.39. The number of rotatable bonds is 6. The van der Waals surface area contributed by atoms with Crippen molar-refractivity contribution in [3.63, 3.8) is 0 Å². The van der Waals surface area contributed by atoms with Crippen LogP contribution in [0.5, 0.6) is 0 Å². The highest BCUT2D eigenvalue weighted by molar-refractivity contribution is 6.33. The van der Waals surface area contributed by atoms with Crippen molar-refractivity contribution in [2.24, 2.45) is 0 Å². The second-order valence-corrected chi connectivity index (χ2v) is 6.80. The lowest BCUT2D eigenvalue weighted by Gasteiger charge is -2.05. The molecule has 0 bridgehead atoms. The van der Waals surface area contributed by atoms with Crippen molar-refractivity contribution in [3.05, 3.63) is 68.4 Å². The maximum atomic E-state index is 13.0. The first-order valence-corrected chi connectivity index (χ1v) is 8.89. The summed E-state index contributed by atoms with van der Waals surface area (Å²) in [5, 5.41) is 20.6. The molecule has 14 heteroatoms. The number of anilines is 1. The Hall–Kier alpha value is -3.48. The lowest BCUT2D eigenvalue weighted by atomic mass is 10.2. The highest BCUT2D eigenvalue weighted by Crippen LogP contribution is 2.36. The normalized spacial score (nSPS) is 11.5. The number of halogens is 5. The average molecular weight is 461 g/mol. The molecular weight excluding hydrogens is 448 g/mol. The van der Waals surface area contributed by atoms with Gasteiger partial charge in [0, 0.05) is 6.20 Å². The van der Waals surface area contributed by atoms with Crippen molar-refractivity contribution in [3.8, 4) is 0 Å². The highest BCUT2D eigenvalue weighted by atomic mass is 35.5. The van der Waals surface area contributed by atoms with Crippen LogP contribution < -0.4 is 5.32 Å². The van der Waals surface area contributed by atoms with E-state index < -0.39 is 46.4 Å². The summed E-state index contributed by atoms with van der Waals surface area (Å²) in [4.78, 5) is 22.1. The van der Waals surface area contributed by atoms with Crippen LogP contribution >= 0.6 is 11.6 Å². The van der Waals surface area contributed by atoms with Gasteiger partial charge in [0.1, 0.15) is 23.1 Å². The van der Waals surface area contributed by atoms with Crippen LogP contribution in [-0.4, -0.2) is 30.4 Å². The molecule has 0 aliphatic rings. The molecule has 1 aromatic carbocycles. The Morgan fingerprint density at radius 1 is 1.26 bits per heavy atom. The summed E-state index contributed by atoms with van der Waals surface area (Å²) in [7, 11) is 0. The Labute approximate surface area is 176 Å². The van der Waals surface area contributed by atoms with Gasteiger partial charge in [-0.3, -0.25) is 24.3 Å². The van der Waals surface area contributed by atoms with Gasteiger partial charge in [0.25, 0.3) is 0 Å². The third-order valence-corrected chi connectivity index (χ3v) is 4.43. The third kappa shape index (κ3) is 4.99. The Balaban J connectivity index is 1.75. The number of hydrogen-bond donors (Lipinski definition) is 1. The third-order valence-electron chi connectivity index (χ3n) is 4.15. The molecule has 0 atom stereocenters. The van der Waals surface area contributed by atoms with Gasteiger partial charge in [-0.05, 0) is 24.6 Å². The van der Waals surface area contributed by atoms with Crippen molar-refractivity contribution in [1.29, 1.82) is 0 Å². The van der Waals surface area contributed by atoms with Gasteiger partial charge in [-0.15, -0.1) is 0 Å². The van der Waals surface area contributed by atoms with Gasteiger partial charge in [0.2, 0.25) is 11.6 Å². The number of carbonyl (C=O) groups is 1. The summed E-state index contributed by atoms with van der Waals surface area (Å²) in [6.07, 6.45) is -3.66. The van der Waals surface area contributed by atoms with Crippen molar-refractivity contribution < 1.29 is 27.3 Å². The zero-order valence-corrected chi connectivity index (χ0v) is 16.4. The van der Waals surface area contributed by atoms with E-state index in [4.69, 9.17) is 11.6 Å². The number of carbonyl (C=O) groups excluding carboxylic acids is 1. The largest absolute Gasteiger partial charge is 0.442 e. The van der Waals surface area contributed by atoms with Crippen LogP contribution in [0, 0.1) is 22.9 Å². The SMILES string of the molecule is Cc1c([N+](=O)[O-])c(C(F)(F)F)nn1CC(=O)Nc1nn(Cc2ccc(F)cc2)cc1Cl. The molecule has 1 N–H and O–H groups in total.